The van der Waals surface area contributed by atoms with Crippen LogP contribution in [-0.4, -0.2) is 28.5 Å². The van der Waals surface area contributed by atoms with Gasteiger partial charge in [-0.3, -0.25) is 19.7 Å². The fourth-order valence-corrected chi connectivity index (χ4v) is 1.62. The van der Waals surface area contributed by atoms with E-state index >= 15 is 0 Å². The molecule has 1 aromatic carbocycles. The summed E-state index contributed by atoms with van der Waals surface area (Å²) < 4.78 is 0. The van der Waals surface area contributed by atoms with Crippen molar-refractivity contribution in [1.29, 1.82) is 0 Å². The van der Waals surface area contributed by atoms with E-state index < -0.39 is 10.9 Å². The van der Waals surface area contributed by atoms with E-state index in [0.29, 0.717) is 19.4 Å². The lowest BCUT2D eigenvalue weighted by molar-refractivity contribution is -0.384. The van der Waals surface area contributed by atoms with Gasteiger partial charge in [0.2, 0.25) is 5.91 Å². The predicted octanol–water partition coefficient (Wildman–Crippen LogP) is 1.51. The van der Waals surface area contributed by atoms with Crippen LogP contribution < -0.4 is 5.32 Å². The molecule has 0 heterocycles. The van der Waals surface area contributed by atoms with Gasteiger partial charge in [0, 0.05) is 31.5 Å². The Kier molecular flexibility index (Phi) is 6.15. The van der Waals surface area contributed by atoms with Crippen molar-refractivity contribution in [2.24, 2.45) is 0 Å². The van der Waals surface area contributed by atoms with Gasteiger partial charge in [-0.05, 0) is 18.4 Å². The molecule has 0 aliphatic heterocycles. The first-order chi connectivity index (χ1) is 9.49. The molecule has 0 saturated carbocycles. The molecule has 0 spiro atoms. The third-order valence-electron chi connectivity index (χ3n) is 2.68. The van der Waals surface area contributed by atoms with Crippen LogP contribution >= 0.6 is 0 Å². The number of carboxylic acids is 1. The zero-order valence-corrected chi connectivity index (χ0v) is 10.9. The lowest BCUT2D eigenvalue weighted by Gasteiger charge is -2.04. The number of carboxylic acid groups (broad SMARTS) is 1. The number of carbonyl (C=O) groups is 2. The molecule has 0 fully saturated rings. The van der Waals surface area contributed by atoms with Crippen molar-refractivity contribution in [1.82, 2.24) is 5.32 Å². The molecule has 1 rings (SSSR count). The maximum atomic E-state index is 11.4. The van der Waals surface area contributed by atoms with Crippen LogP contribution in [0.1, 0.15) is 24.8 Å². The Morgan fingerprint density at radius 3 is 2.40 bits per heavy atom. The van der Waals surface area contributed by atoms with Gasteiger partial charge in [0.05, 0.1) is 4.92 Å². The van der Waals surface area contributed by atoms with E-state index in [1.54, 1.807) is 12.1 Å². The fourth-order valence-electron chi connectivity index (χ4n) is 1.62. The Morgan fingerprint density at radius 2 is 1.85 bits per heavy atom. The lowest BCUT2D eigenvalue weighted by Crippen LogP contribution is -2.25. The molecule has 2 N–H and O–H groups in total. The number of benzene rings is 1. The number of hydrogen-bond donors (Lipinski definition) is 2. The number of carbonyl (C=O) groups excluding carboxylic acids is 1. The van der Waals surface area contributed by atoms with Crippen LogP contribution in [0.15, 0.2) is 24.3 Å². The van der Waals surface area contributed by atoms with Gasteiger partial charge in [0.25, 0.3) is 5.69 Å². The van der Waals surface area contributed by atoms with Gasteiger partial charge in [-0.15, -0.1) is 0 Å². The number of non-ortho nitro benzene ring substituents is 1. The summed E-state index contributed by atoms with van der Waals surface area (Å²) in [7, 11) is 0. The Balaban J connectivity index is 2.24. The molecule has 7 nitrogen and oxygen atoms in total. The van der Waals surface area contributed by atoms with Gasteiger partial charge < -0.3 is 10.4 Å². The average Bonchev–Trinajstić information content (AvgIpc) is 2.39. The van der Waals surface area contributed by atoms with Gasteiger partial charge >= 0.3 is 5.97 Å². The summed E-state index contributed by atoms with van der Waals surface area (Å²) >= 11 is 0. The lowest BCUT2D eigenvalue weighted by atomic mass is 10.1. The summed E-state index contributed by atoms with van der Waals surface area (Å²) in [5, 5.41) is 21.6. The molecule has 1 amide bonds. The largest absolute Gasteiger partial charge is 0.481 e. The molecule has 0 saturated heterocycles. The van der Waals surface area contributed by atoms with Crippen LogP contribution in [-0.2, 0) is 16.0 Å². The zero-order valence-electron chi connectivity index (χ0n) is 10.9. The first-order valence-electron chi connectivity index (χ1n) is 6.21. The van der Waals surface area contributed by atoms with E-state index in [2.05, 4.69) is 5.32 Å². The normalized spacial score (nSPS) is 10.0. The third-order valence-corrected chi connectivity index (χ3v) is 2.68. The molecule has 1 aromatic rings. The quantitative estimate of drug-likeness (QED) is 0.554. The predicted molar refractivity (Wildman–Crippen MR) is 71.3 cm³/mol. The second-order valence-electron chi connectivity index (χ2n) is 4.27. The number of rotatable bonds is 8. The number of nitro benzene ring substituents is 1. The van der Waals surface area contributed by atoms with Crippen molar-refractivity contribution in [2.75, 3.05) is 6.54 Å². The standard InChI is InChI=1S/C13H16N2O5/c16-12(2-1-3-13(17)18)14-9-8-10-4-6-11(7-5-10)15(19)20/h4-7H,1-3,8-9H2,(H,14,16)(H,17,18). The number of aliphatic carboxylic acids is 1. The first-order valence-corrected chi connectivity index (χ1v) is 6.21. The van der Waals surface area contributed by atoms with Crippen molar-refractivity contribution in [3.8, 4) is 0 Å². The maximum absolute atomic E-state index is 11.4. The van der Waals surface area contributed by atoms with Crippen molar-refractivity contribution in [2.45, 2.75) is 25.7 Å². The van der Waals surface area contributed by atoms with Crippen molar-refractivity contribution < 1.29 is 19.6 Å². The van der Waals surface area contributed by atoms with Crippen molar-refractivity contribution in [3.63, 3.8) is 0 Å². The molecule has 0 aliphatic carbocycles. The van der Waals surface area contributed by atoms with Crippen LogP contribution in [0.5, 0.6) is 0 Å². The van der Waals surface area contributed by atoms with Crippen LogP contribution in [0.2, 0.25) is 0 Å². The van der Waals surface area contributed by atoms with E-state index in [4.69, 9.17) is 5.11 Å². The Morgan fingerprint density at radius 1 is 1.20 bits per heavy atom. The van der Waals surface area contributed by atoms with E-state index in [9.17, 15) is 19.7 Å². The highest BCUT2D eigenvalue weighted by molar-refractivity contribution is 5.76. The fraction of sp³-hybridized carbons (Fsp3) is 0.385. The minimum Gasteiger partial charge on any atom is -0.481 e. The molecule has 0 bridgehead atoms. The summed E-state index contributed by atoms with van der Waals surface area (Å²) in [5.41, 5.74) is 0.924. The topological polar surface area (TPSA) is 110 Å². The second kappa shape index (κ2) is 7.88. The van der Waals surface area contributed by atoms with Crippen LogP contribution in [0.3, 0.4) is 0 Å². The van der Waals surface area contributed by atoms with Crippen LogP contribution in [0.4, 0.5) is 5.69 Å². The number of nitrogens with zero attached hydrogens (tertiary/aromatic N) is 1. The van der Waals surface area contributed by atoms with Crippen molar-refractivity contribution in [3.05, 3.63) is 39.9 Å². The maximum Gasteiger partial charge on any atom is 0.303 e. The van der Waals surface area contributed by atoms with E-state index in [1.165, 1.54) is 12.1 Å². The van der Waals surface area contributed by atoms with E-state index in [1.807, 2.05) is 0 Å². The molecule has 0 aliphatic rings. The molecule has 0 unspecified atom stereocenters. The van der Waals surface area contributed by atoms with Crippen LogP contribution in [0.25, 0.3) is 0 Å². The number of nitro groups is 1. The number of nitrogens with one attached hydrogen (secondary N) is 1. The Bertz CT molecular complexity index is 484. The number of hydrogen-bond acceptors (Lipinski definition) is 4. The Hall–Kier alpha value is -2.44. The minimum atomic E-state index is -0.913. The summed E-state index contributed by atoms with van der Waals surface area (Å²) in [5.74, 6) is -1.10. The Labute approximate surface area is 115 Å². The highest BCUT2D eigenvalue weighted by atomic mass is 16.6. The van der Waals surface area contributed by atoms with E-state index in [-0.39, 0.29) is 24.4 Å². The third kappa shape index (κ3) is 5.94. The second-order valence-corrected chi connectivity index (χ2v) is 4.27. The van der Waals surface area contributed by atoms with Gasteiger partial charge in [-0.2, -0.15) is 0 Å². The molecule has 0 atom stereocenters. The summed E-state index contributed by atoms with van der Waals surface area (Å²) in [4.78, 5) is 31.6. The van der Waals surface area contributed by atoms with Gasteiger partial charge in [-0.1, -0.05) is 12.1 Å². The number of amides is 1. The molecule has 0 aromatic heterocycles. The average molecular weight is 280 g/mol. The summed E-state index contributed by atoms with van der Waals surface area (Å²) in [6.07, 6.45) is 1.06. The summed E-state index contributed by atoms with van der Waals surface area (Å²) in [6.45, 7) is 0.420. The molecule has 20 heavy (non-hydrogen) atoms. The van der Waals surface area contributed by atoms with Crippen molar-refractivity contribution >= 4 is 17.6 Å². The molecular weight excluding hydrogens is 264 g/mol. The van der Waals surface area contributed by atoms with Crippen LogP contribution in [0, 0.1) is 10.1 Å². The minimum absolute atomic E-state index is 0.0181. The monoisotopic (exact) mass is 280 g/mol. The van der Waals surface area contributed by atoms with Gasteiger partial charge in [0.15, 0.2) is 0 Å². The molecule has 7 heteroatoms. The smallest absolute Gasteiger partial charge is 0.303 e. The highest BCUT2D eigenvalue weighted by Crippen LogP contribution is 2.11. The first kappa shape index (κ1) is 15.6. The van der Waals surface area contributed by atoms with Gasteiger partial charge in [0.1, 0.15) is 0 Å². The van der Waals surface area contributed by atoms with E-state index in [0.717, 1.165) is 5.56 Å². The highest BCUT2D eigenvalue weighted by Gasteiger charge is 2.05. The summed E-state index contributed by atoms with van der Waals surface area (Å²) in [6, 6.07) is 6.14. The van der Waals surface area contributed by atoms with Gasteiger partial charge in [-0.25, -0.2) is 0 Å². The molecule has 108 valence electrons. The molecular formula is C13H16N2O5. The zero-order chi connectivity index (χ0) is 15.0. The molecule has 0 radical (unpaired) electrons. The SMILES string of the molecule is O=C(O)CCCC(=O)NCCc1ccc([N+](=O)[O-])cc1.